The molecule has 164 valence electrons. The van der Waals surface area contributed by atoms with Crippen molar-refractivity contribution in [2.75, 3.05) is 31.3 Å². The van der Waals surface area contributed by atoms with Gasteiger partial charge in [0.1, 0.15) is 17.0 Å². The fourth-order valence-corrected chi connectivity index (χ4v) is 5.76. The average Bonchev–Trinajstić information content (AvgIpc) is 3.22. The number of benzene rings is 1. The van der Waals surface area contributed by atoms with Crippen LogP contribution < -0.4 is 10.1 Å². The Labute approximate surface area is 181 Å². The van der Waals surface area contributed by atoms with E-state index in [4.69, 9.17) is 4.74 Å². The van der Waals surface area contributed by atoms with Crippen molar-refractivity contribution in [3.8, 4) is 5.75 Å². The van der Waals surface area contributed by atoms with Gasteiger partial charge in [0.05, 0.1) is 12.9 Å². The van der Waals surface area contributed by atoms with E-state index in [-0.39, 0.29) is 28.3 Å². The largest absolute Gasteiger partial charge is 0.495 e. The highest BCUT2D eigenvalue weighted by molar-refractivity contribution is 7.99. The summed E-state index contributed by atoms with van der Waals surface area (Å²) in [6.07, 6.45) is 4.35. The molecule has 11 heteroatoms. The van der Waals surface area contributed by atoms with Gasteiger partial charge in [-0.15, -0.1) is 10.2 Å². The second kappa shape index (κ2) is 9.80. The number of thioether (sulfide) groups is 1. The zero-order valence-electron chi connectivity index (χ0n) is 17.4. The summed E-state index contributed by atoms with van der Waals surface area (Å²) in [6, 6.07) is 4.85. The minimum absolute atomic E-state index is 0.0666. The summed E-state index contributed by atoms with van der Waals surface area (Å²) in [4.78, 5) is 12.5. The Hall–Kier alpha value is -2.11. The number of hydrogen-bond donors (Lipinski definition) is 1. The van der Waals surface area contributed by atoms with Crippen molar-refractivity contribution in [2.45, 2.75) is 49.2 Å². The number of carbonyl (C=O) groups excluding carboxylic acids is 1. The highest BCUT2D eigenvalue weighted by Crippen LogP contribution is 2.31. The van der Waals surface area contributed by atoms with Crippen molar-refractivity contribution in [1.82, 2.24) is 19.1 Å². The van der Waals surface area contributed by atoms with Crippen LogP contribution in [0.25, 0.3) is 0 Å². The van der Waals surface area contributed by atoms with Gasteiger partial charge >= 0.3 is 0 Å². The van der Waals surface area contributed by atoms with Crippen LogP contribution >= 0.6 is 11.8 Å². The zero-order chi connectivity index (χ0) is 21.7. The molecule has 2 aromatic rings. The van der Waals surface area contributed by atoms with Gasteiger partial charge < -0.3 is 14.6 Å². The molecule has 1 aromatic heterocycles. The predicted octanol–water partition coefficient (Wildman–Crippen LogP) is 2.77. The molecule has 1 aliphatic rings. The molecule has 0 saturated carbocycles. The van der Waals surface area contributed by atoms with Gasteiger partial charge in [0.15, 0.2) is 5.16 Å². The van der Waals surface area contributed by atoms with Crippen LogP contribution in [0.5, 0.6) is 5.75 Å². The van der Waals surface area contributed by atoms with Crippen LogP contribution in [0.4, 0.5) is 5.69 Å². The number of sulfonamides is 1. The maximum Gasteiger partial charge on any atom is 0.246 e. The van der Waals surface area contributed by atoms with E-state index in [0.717, 1.165) is 19.3 Å². The molecule has 2 heterocycles. The molecule has 0 spiro atoms. The first-order valence-corrected chi connectivity index (χ1v) is 12.3. The van der Waals surface area contributed by atoms with E-state index < -0.39 is 10.0 Å². The smallest absolute Gasteiger partial charge is 0.246 e. The van der Waals surface area contributed by atoms with E-state index in [1.807, 2.05) is 18.4 Å². The summed E-state index contributed by atoms with van der Waals surface area (Å²) in [5.74, 6) is 0.133. The van der Waals surface area contributed by atoms with Crippen LogP contribution in [0.15, 0.2) is 34.6 Å². The summed E-state index contributed by atoms with van der Waals surface area (Å²) in [6.45, 7) is 5.01. The van der Waals surface area contributed by atoms with Crippen molar-refractivity contribution < 1.29 is 17.9 Å². The number of rotatable bonds is 8. The molecule has 0 atom stereocenters. The van der Waals surface area contributed by atoms with E-state index in [0.29, 0.717) is 23.9 Å². The summed E-state index contributed by atoms with van der Waals surface area (Å²) < 4.78 is 34.8. The number of hydrogen-bond acceptors (Lipinski definition) is 7. The lowest BCUT2D eigenvalue weighted by Gasteiger charge is -2.26. The molecule has 9 nitrogen and oxygen atoms in total. The first-order valence-electron chi connectivity index (χ1n) is 9.83. The summed E-state index contributed by atoms with van der Waals surface area (Å²) in [5.41, 5.74) is 0.405. The third-order valence-corrected chi connectivity index (χ3v) is 7.69. The maximum absolute atomic E-state index is 13.1. The van der Waals surface area contributed by atoms with E-state index in [1.165, 1.54) is 29.2 Å². The molecule has 1 saturated heterocycles. The fourth-order valence-electron chi connectivity index (χ4n) is 3.22. The lowest BCUT2D eigenvalue weighted by molar-refractivity contribution is -0.113. The Balaban J connectivity index is 1.72. The van der Waals surface area contributed by atoms with Gasteiger partial charge in [0.25, 0.3) is 0 Å². The summed E-state index contributed by atoms with van der Waals surface area (Å²) >= 11 is 1.28. The van der Waals surface area contributed by atoms with E-state index in [1.54, 1.807) is 18.5 Å². The number of ether oxygens (including phenoxy) is 1. The summed E-state index contributed by atoms with van der Waals surface area (Å²) in [5, 5.41) is 11.3. The number of carbonyl (C=O) groups is 1. The van der Waals surface area contributed by atoms with E-state index >= 15 is 0 Å². The van der Waals surface area contributed by atoms with Gasteiger partial charge in [-0.05, 0) is 44.9 Å². The van der Waals surface area contributed by atoms with Gasteiger partial charge in [-0.2, -0.15) is 4.31 Å². The molecule has 0 aliphatic carbocycles. The second-order valence-corrected chi connectivity index (χ2v) is 10.1. The molecule has 0 bridgehead atoms. The van der Waals surface area contributed by atoms with Crippen LogP contribution in [0.3, 0.4) is 0 Å². The number of anilines is 1. The van der Waals surface area contributed by atoms with Crippen molar-refractivity contribution in [2.24, 2.45) is 0 Å². The molecule has 1 N–H and O–H groups in total. The fraction of sp³-hybridized carbons (Fsp3) is 0.526. The first kappa shape index (κ1) is 22.6. The Morgan fingerprint density at radius 3 is 2.67 bits per heavy atom. The third kappa shape index (κ3) is 5.13. The van der Waals surface area contributed by atoms with Gasteiger partial charge in [-0.3, -0.25) is 4.79 Å². The van der Waals surface area contributed by atoms with Crippen molar-refractivity contribution >= 4 is 33.4 Å². The predicted molar refractivity (Wildman–Crippen MR) is 115 cm³/mol. The highest BCUT2D eigenvalue weighted by atomic mass is 32.2. The minimum Gasteiger partial charge on any atom is -0.495 e. The Kier molecular flexibility index (Phi) is 7.37. The molecule has 0 unspecified atom stereocenters. The third-order valence-electron chi connectivity index (χ3n) is 4.81. The maximum atomic E-state index is 13.1. The first-order chi connectivity index (χ1) is 14.3. The van der Waals surface area contributed by atoms with Crippen molar-refractivity contribution in [3.63, 3.8) is 0 Å². The van der Waals surface area contributed by atoms with Crippen LogP contribution in [-0.4, -0.2) is 59.3 Å². The number of piperidine rings is 1. The molecular weight excluding hydrogens is 426 g/mol. The molecule has 3 rings (SSSR count). The van der Waals surface area contributed by atoms with Crippen LogP contribution in [0.2, 0.25) is 0 Å². The number of nitrogens with zero attached hydrogens (tertiary/aromatic N) is 4. The van der Waals surface area contributed by atoms with Crippen molar-refractivity contribution in [1.29, 1.82) is 0 Å². The summed E-state index contributed by atoms with van der Waals surface area (Å²) in [7, 11) is -2.26. The Morgan fingerprint density at radius 2 is 2.00 bits per heavy atom. The van der Waals surface area contributed by atoms with E-state index in [9.17, 15) is 13.2 Å². The van der Waals surface area contributed by atoms with Gasteiger partial charge in [0, 0.05) is 24.8 Å². The van der Waals surface area contributed by atoms with Crippen LogP contribution in [-0.2, 0) is 14.8 Å². The molecular formula is C19H27N5O4S2. The molecule has 1 aliphatic heterocycles. The topological polar surface area (TPSA) is 106 Å². The minimum atomic E-state index is -3.70. The Morgan fingerprint density at radius 1 is 1.27 bits per heavy atom. The van der Waals surface area contributed by atoms with E-state index in [2.05, 4.69) is 15.5 Å². The van der Waals surface area contributed by atoms with Gasteiger partial charge in [-0.25, -0.2) is 8.42 Å². The molecule has 0 radical (unpaired) electrons. The number of nitrogens with one attached hydrogen (secondary N) is 1. The number of aromatic nitrogens is 3. The lowest BCUT2D eigenvalue weighted by Crippen LogP contribution is -2.35. The molecule has 1 fully saturated rings. The highest BCUT2D eigenvalue weighted by Gasteiger charge is 2.29. The molecule has 1 amide bonds. The SMILES string of the molecule is COc1ccc(NC(=O)CSc2nncn2C(C)C)cc1S(=O)(=O)N1CCCCC1. The molecule has 30 heavy (non-hydrogen) atoms. The van der Waals surface area contributed by atoms with Crippen LogP contribution in [0, 0.1) is 0 Å². The van der Waals surface area contributed by atoms with Crippen LogP contribution in [0.1, 0.15) is 39.2 Å². The molecule has 1 aromatic carbocycles. The zero-order valence-corrected chi connectivity index (χ0v) is 19.0. The lowest BCUT2D eigenvalue weighted by atomic mass is 10.2. The second-order valence-electron chi connectivity index (χ2n) is 7.28. The number of amides is 1. The van der Waals surface area contributed by atoms with Crippen molar-refractivity contribution in [3.05, 3.63) is 24.5 Å². The number of methoxy groups -OCH3 is 1. The average molecular weight is 454 g/mol. The van der Waals surface area contributed by atoms with Gasteiger partial charge in [-0.1, -0.05) is 18.2 Å². The normalized spacial score (nSPS) is 15.3. The Bertz CT molecular complexity index is 985. The van der Waals surface area contributed by atoms with Gasteiger partial charge in [0.2, 0.25) is 15.9 Å². The quantitative estimate of drug-likeness (QED) is 0.613. The standard InChI is InChI=1S/C19H27N5O4S2/c1-14(2)24-13-20-22-19(24)29-12-18(25)21-15-7-8-16(28-3)17(11-15)30(26,27)23-9-5-4-6-10-23/h7-8,11,13-14H,4-6,9-10,12H2,1-3H3,(H,21,25). The monoisotopic (exact) mass is 453 g/mol.